The van der Waals surface area contributed by atoms with E-state index in [0.717, 1.165) is 5.69 Å². The molecule has 0 unspecified atom stereocenters. The Morgan fingerprint density at radius 3 is 2.32 bits per heavy atom. The Balaban J connectivity index is 1.49. The number of amides is 1. The van der Waals surface area contributed by atoms with Gasteiger partial charge >= 0.3 is 12.1 Å². The normalized spacial score (nSPS) is 17.7. The lowest BCUT2D eigenvalue weighted by atomic mass is 10.2. The van der Waals surface area contributed by atoms with E-state index in [2.05, 4.69) is 10.2 Å². The number of hydrogen-bond donors (Lipinski definition) is 0. The second-order valence-corrected chi connectivity index (χ2v) is 9.36. The summed E-state index contributed by atoms with van der Waals surface area (Å²) in [7, 11) is -3.82. The number of rotatable bonds is 3. The van der Waals surface area contributed by atoms with Crippen molar-refractivity contribution in [3.63, 3.8) is 0 Å². The highest BCUT2D eigenvalue weighted by atomic mass is 32.2. The average Bonchev–Trinajstić information content (AvgIpc) is 3.16. The topological polar surface area (TPSA) is 86.7 Å². The van der Waals surface area contributed by atoms with Crippen LogP contribution in [0.2, 0.25) is 0 Å². The van der Waals surface area contributed by atoms with Gasteiger partial charge in [-0.1, -0.05) is 0 Å². The fourth-order valence-electron chi connectivity index (χ4n) is 3.77. The zero-order valence-corrected chi connectivity index (χ0v) is 17.4. The first kappa shape index (κ1) is 21.5. The number of benzene rings is 1. The molecule has 1 amide bonds. The summed E-state index contributed by atoms with van der Waals surface area (Å²) < 4.78 is 65.8. The van der Waals surface area contributed by atoms with E-state index in [9.17, 15) is 26.4 Å². The molecule has 0 N–H and O–H groups in total. The average molecular weight is 455 g/mol. The highest BCUT2D eigenvalue weighted by molar-refractivity contribution is 7.89. The Labute approximate surface area is 177 Å². The van der Waals surface area contributed by atoms with E-state index in [1.807, 2.05) is 24.0 Å². The molecule has 0 atom stereocenters. The number of hydrogen-bond acceptors (Lipinski definition) is 6. The molecule has 166 valence electrons. The largest absolute Gasteiger partial charge is 0.471 e. The minimum atomic E-state index is -4.98. The molecule has 1 fully saturated rings. The van der Waals surface area contributed by atoms with Gasteiger partial charge in [0.05, 0.1) is 10.6 Å². The molecule has 0 radical (unpaired) electrons. The number of alkyl halides is 3. The summed E-state index contributed by atoms with van der Waals surface area (Å²) in [5.41, 5.74) is 1.30. The molecule has 1 aromatic heterocycles. The highest BCUT2D eigenvalue weighted by Gasteiger charge is 2.45. The summed E-state index contributed by atoms with van der Waals surface area (Å²) in [5.74, 6) is -1.27. The van der Waals surface area contributed by atoms with Crippen molar-refractivity contribution in [2.45, 2.75) is 24.4 Å². The first-order valence-corrected chi connectivity index (χ1v) is 11.1. The minimum Gasteiger partial charge on any atom is -0.352 e. The number of anilines is 2. The third-order valence-corrected chi connectivity index (χ3v) is 7.31. The summed E-state index contributed by atoms with van der Waals surface area (Å²) in [5, 5.41) is 8.14. The lowest BCUT2D eigenvalue weighted by Gasteiger charge is -2.34. The number of fused-ring (bicyclic) bond motifs is 1. The Morgan fingerprint density at radius 2 is 1.71 bits per heavy atom. The van der Waals surface area contributed by atoms with Crippen LogP contribution in [0.4, 0.5) is 24.7 Å². The van der Waals surface area contributed by atoms with E-state index in [4.69, 9.17) is 0 Å². The SMILES string of the molecule is Cc1ccc(N2CCN(S(=O)(=O)c3ccc4c(c3)CCN4C(=O)C(F)(F)F)CC2)nn1. The molecule has 1 saturated heterocycles. The zero-order chi connectivity index (χ0) is 22.4. The Kier molecular flexibility index (Phi) is 5.38. The maximum absolute atomic E-state index is 13.1. The molecule has 2 aliphatic heterocycles. The molecule has 12 heteroatoms. The summed E-state index contributed by atoms with van der Waals surface area (Å²) in [6, 6.07) is 7.57. The van der Waals surface area contributed by atoms with Crippen molar-refractivity contribution < 1.29 is 26.4 Å². The molecular formula is C19H20F3N5O3S. The van der Waals surface area contributed by atoms with Gasteiger partial charge in [-0.05, 0) is 49.2 Å². The van der Waals surface area contributed by atoms with E-state index in [1.54, 1.807) is 0 Å². The number of nitrogens with zero attached hydrogens (tertiary/aromatic N) is 5. The minimum absolute atomic E-state index is 0.0103. The molecule has 0 aliphatic carbocycles. The van der Waals surface area contributed by atoms with Crippen LogP contribution >= 0.6 is 0 Å². The number of carbonyl (C=O) groups is 1. The van der Waals surface area contributed by atoms with Gasteiger partial charge in [-0.2, -0.15) is 22.6 Å². The fourth-order valence-corrected chi connectivity index (χ4v) is 5.24. The van der Waals surface area contributed by atoms with Gasteiger partial charge in [-0.15, -0.1) is 5.10 Å². The molecule has 0 bridgehead atoms. The molecule has 0 saturated carbocycles. The highest BCUT2D eigenvalue weighted by Crippen LogP contribution is 2.34. The Morgan fingerprint density at radius 1 is 1.00 bits per heavy atom. The number of aromatic nitrogens is 2. The Hall–Kier alpha value is -2.73. The first-order valence-electron chi connectivity index (χ1n) is 9.64. The van der Waals surface area contributed by atoms with Crippen LogP contribution in [0.15, 0.2) is 35.2 Å². The second-order valence-electron chi connectivity index (χ2n) is 7.42. The third kappa shape index (κ3) is 4.09. The van der Waals surface area contributed by atoms with Crippen LogP contribution in [0.1, 0.15) is 11.3 Å². The summed E-state index contributed by atoms with van der Waals surface area (Å²) in [6.45, 7) is 3.07. The van der Waals surface area contributed by atoms with Crippen molar-refractivity contribution in [1.29, 1.82) is 0 Å². The van der Waals surface area contributed by atoms with Crippen molar-refractivity contribution in [1.82, 2.24) is 14.5 Å². The van der Waals surface area contributed by atoms with E-state index < -0.39 is 22.1 Å². The molecule has 2 aromatic rings. The van der Waals surface area contributed by atoms with E-state index in [-0.39, 0.29) is 36.6 Å². The first-order chi connectivity index (χ1) is 14.6. The molecule has 2 aliphatic rings. The van der Waals surface area contributed by atoms with Gasteiger partial charge in [0.25, 0.3) is 0 Å². The molecular weight excluding hydrogens is 435 g/mol. The van der Waals surface area contributed by atoms with Crippen molar-refractivity contribution in [2.24, 2.45) is 0 Å². The zero-order valence-electron chi connectivity index (χ0n) is 16.6. The van der Waals surface area contributed by atoms with E-state index in [1.165, 1.54) is 22.5 Å². The molecule has 0 spiro atoms. The maximum Gasteiger partial charge on any atom is 0.471 e. The quantitative estimate of drug-likeness (QED) is 0.701. The second kappa shape index (κ2) is 7.75. The maximum atomic E-state index is 13.1. The Bertz CT molecular complexity index is 1100. The van der Waals surface area contributed by atoms with E-state index in [0.29, 0.717) is 29.4 Å². The van der Waals surface area contributed by atoms with Crippen molar-refractivity contribution in [3.05, 3.63) is 41.6 Å². The predicted molar refractivity (Wildman–Crippen MR) is 106 cm³/mol. The van der Waals surface area contributed by atoms with Crippen LogP contribution in [0.5, 0.6) is 0 Å². The fraction of sp³-hybridized carbons (Fsp3) is 0.421. The lowest BCUT2D eigenvalue weighted by Crippen LogP contribution is -2.49. The van der Waals surface area contributed by atoms with Crippen molar-refractivity contribution >= 4 is 27.4 Å². The summed E-state index contributed by atoms with van der Waals surface area (Å²) >= 11 is 0. The third-order valence-electron chi connectivity index (χ3n) is 5.42. The summed E-state index contributed by atoms with van der Waals surface area (Å²) in [4.78, 5) is 14.2. The smallest absolute Gasteiger partial charge is 0.352 e. The predicted octanol–water partition coefficient (Wildman–Crippen LogP) is 1.75. The van der Waals surface area contributed by atoms with E-state index >= 15 is 0 Å². The standard InChI is InChI=1S/C19H20F3N5O3S/c1-13-2-5-17(24-23-13)25-8-10-26(11-9-25)31(29,30)15-3-4-16-14(12-15)6-7-27(16)18(28)19(20,21)22/h2-5,12H,6-11H2,1H3. The molecule has 3 heterocycles. The molecule has 31 heavy (non-hydrogen) atoms. The number of sulfonamides is 1. The van der Waals surface area contributed by atoms with Gasteiger partial charge in [0, 0.05) is 38.4 Å². The number of carbonyl (C=O) groups excluding carboxylic acids is 1. The lowest BCUT2D eigenvalue weighted by molar-refractivity contribution is -0.170. The van der Waals surface area contributed by atoms with Gasteiger partial charge in [0.2, 0.25) is 10.0 Å². The van der Waals surface area contributed by atoms with Crippen LogP contribution in [0.3, 0.4) is 0 Å². The van der Waals surface area contributed by atoms with Gasteiger partial charge in [-0.3, -0.25) is 4.79 Å². The van der Waals surface area contributed by atoms with Gasteiger partial charge in [-0.25, -0.2) is 8.42 Å². The van der Waals surface area contributed by atoms with Crippen LogP contribution in [-0.4, -0.2) is 67.7 Å². The van der Waals surface area contributed by atoms with Gasteiger partial charge < -0.3 is 9.80 Å². The van der Waals surface area contributed by atoms with Crippen LogP contribution < -0.4 is 9.80 Å². The molecule has 4 rings (SSSR count). The monoisotopic (exact) mass is 455 g/mol. The molecule has 1 aromatic carbocycles. The number of piperazine rings is 1. The summed E-state index contributed by atoms with van der Waals surface area (Å²) in [6.07, 6.45) is -4.81. The van der Waals surface area contributed by atoms with Crippen LogP contribution in [0.25, 0.3) is 0 Å². The van der Waals surface area contributed by atoms with Gasteiger partial charge in [0.1, 0.15) is 0 Å². The van der Waals surface area contributed by atoms with Crippen molar-refractivity contribution in [3.8, 4) is 0 Å². The van der Waals surface area contributed by atoms with Gasteiger partial charge in [0.15, 0.2) is 5.82 Å². The van der Waals surface area contributed by atoms with Crippen LogP contribution in [0, 0.1) is 6.92 Å². The number of aryl methyl sites for hydroxylation is 1. The number of halogens is 3. The van der Waals surface area contributed by atoms with Crippen LogP contribution in [-0.2, 0) is 21.2 Å². The molecule has 8 nitrogen and oxygen atoms in total. The van der Waals surface area contributed by atoms with Crippen molar-refractivity contribution in [2.75, 3.05) is 42.5 Å².